The minimum atomic E-state index is 0. The van der Waals surface area contributed by atoms with Gasteiger partial charge in [0.15, 0.2) is 0 Å². The maximum Gasteiger partial charge on any atom is 0.254 e. The Bertz CT molecular complexity index is 635. The number of halogens is 1. The van der Waals surface area contributed by atoms with Crippen molar-refractivity contribution in [2.24, 2.45) is 5.73 Å². The Kier molecular flexibility index (Phi) is 5.46. The molecule has 0 aliphatic carbocycles. The minimum Gasteiger partial charge on any atom is -0.332 e. The second-order valence-corrected chi connectivity index (χ2v) is 5.18. The van der Waals surface area contributed by atoms with Crippen LogP contribution in [0.1, 0.15) is 40.5 Å². The maximum atomic E-state index is 12.7. The molecule has 5 nitrogen and oxygen atoms in total. The summed E-state index contributed by atoms with van der Waals surface area (Å²) >= 11 is 0. The molecule has 2 aromatic rings. The molecule has 0 aromatic carbocycles. The molecule has 1 amide bonds. The van der Waals surface area contributed by atoms with E-state index in [0.29, 0.717) is 12.1 Å². The molecule has 0 bridgehead atoms. The first-order valence-electron chi connectivity index (χ1n) is 7.15. The van der Waals surface area contributed by atoms with Crippen molar-refractivity contribution in [3.63, 3.8) is 0 Å². The Morgan fingerprint density at radius 2 is 2.23 bits per heavy atom. The van der Waals surface area contributed by atoms with Crippen LogP contribution in [0.15, 0.2) is 42.9 Å². The van der Waals surface area contributed by atoms with E-state index in [1.807, 2.05) is 23.2 Å². The zero-order chi connectivity index (χ0) is 14.7. The lowest BCUT2D eigenvalue weighted by Crippen LogP contribution is -2.30. The number of amides is 1. The minimum absolute atomic E-state index is 0. The number of rotatable bonds is 3. The Balaban J connectivity index is 0.00000176. The molecule has 1 atom stereocenters. The normalized spacial score (nSPS) is 17.1. The number of hydrogen-bond acceptors (Lipinski definition) is 4. The van der Waals surface area contributed by atoms with Crippen molar-refractivity contribution < 1.29 is 4.79 Å². The topological polar surface area (TPSA) is 72.1 Å². The molecule has 1 aliphatic heterocycles. The van der Waals surface area contributed by atoms with Gasteiger partial charge in [0.05, 0.1) is 11.7 Å². The van der Waals surface area contributed by atoms with E-state index < -0.39 is 0 Å². The van der Waals surface area contributed by atoms with Crippen LogP contribution >= 0.6 is 12.4 Å². The number of carbonyl (C=O) groups is 1. The van der Waals surface area contributed by atoms with Crippen LogP contribution in [0, 0.1) is 0 Å². The van der Waals surface area contributed by atoms with Gasteiger partial charge in [0, 0.05) is 37.2 Å². The summed E-state index contributed by atoms with van der Waals surface area (Å²) in [6.45, 7) is 1.12. The van der Waals surface area contributed by atoms with Crippen molar-refractivity contribution in [1.82, 2.24) is 14.9 Å². The van der Waals surface area contributed by atoms with Gasteiger partial charge in [0.25, 0.3) is 5.91 Å². The molecule has 3 rings (SSSR count). The third kappa shape index (κ3) is 3.26. The van der Waals surface area contributed by atoms with Crippen molar-refractivity contribution in [2.45, 2.75) is 25.4 Å². The van der Waals surface area contributed by atoms with Crippen LogP contribution in [0.2, 0.25) is 0 Å². The van der Waals surface area contributed by atoms with Crippen molar-refractivity contribution in [3.8, 4) is 0 Å². The summed E-state index contributed by atoms with van der Waals surface area (Å²) in [5.41, 5.74) is 8.08. The number of nitrogens with zero attached hydrogens (tertiary/aromatic N) is 3. The lowest BCUT2D eigenvalue weighted by Gasteiger charge is -2.25. The molecule has 0 saturated carbocycles. The predicted molar refractivity (Wildman–Crippen MR) is 86.6 cm³/mol. The number of aromatic nitrogens is 2. The number of pyridine rings is 2. The first kappa shape index (κ1) is 16.4. The van der Waals surface area contributed by atoms with Crippen molar-refractivity contribution in [3.05, 3.63) is 59.7 Å². The summed E-state index contributed by atoms with van der Waals surface area (Å²) in [4.78, 5) is 23.0. The molecule has 1 unspecified atom stereocenters. The number of hydrogen-bond donors (Lipinski definition) is 1. The zero-order valence-electron chi connectivity index (χ0n) is 12.2. The van der Waals surface area contributed by atoms with Gasteiger partial charge in [0.1, 0.15) is 0 Å². The predicted octanol–water partition coefficient (Wildman–Crippen LogP) is 2.33. The molecule has 0 radical (unpaired) electrons. The molecule has 1 saturated heterocycles. The smallest absolute Gasteiger partial charge is 0.254 e. The van der Waals surface area contributed by atoms with E-state index in [0.717, 1.165) is 30.6 Å². The van der Waals surface area contributed by atoms with E-state index in [2.05, 4.69) is 9.97 Å². The molecule has 1 aliphatic rings. The van der Waals surface area contributed by atoms with Crippen LogP contribution in [-0.4, -0.2) is 27.3 Å². The molecular formula is C16H19ClN4O. The van der Waals surface area contributed by atoms with Crippen LogP contribution in [0.5, 0.6) is 0 Å². The summed E-state index contributed by atoms with van der Waals surface area (Å²) in [6.07, 6.45) is 7.23. The number of likely N-dealkylation sites (tertiary alicyclic amines) is 1. The molecule has 116 valence electrons. The highest BCUT2D eigenvalue weighted by Gasteiger charge is 2.30. The zero-order valence-corrected chi connectivity index (χ0v) is 13.0. The SMILES string of the molecule is Cl.NCc1cc(C(=O)N2CCCC2c2cccnc2)ccn1. The quantitative estimate of drug-likeness (QED) is 0.942. The van der Waals surface area contributed by atoms with E-state index in [-0.39, 0.29) is 24.4 Å². The Labute approximate surface area is 136 Å². The number of nitrogens with two attached hydrogens (primary N) is 1. The van der Waals surface area contributed by atoms with Crippen molar-refractivity contribution in [1.29, 1.82) is 0 Å². The van der Waals surface area contributed by atoms with E-state index in [9.17, 15) is 4.79 Å². The first-order chi connectivity index (χ1) is 10.3. The van der Waals surface area contributed by atoms with Gasteiger partial charge in [-0.25, -0.2) is 0 Å². The van der Waals surface area contributed by atoms with Crippen LogP contribution in [0.25, 0.3) is 0 Å². The van der Waals surface area contributed by atoms with Gasteiger partial charge in [-0.05, 0) is 36.6 Å². The molecule has 0 spiro atoms. The van der Waals surface area contributed by atoms with Crippen LogP contribution in [-0.2, 0) is 6.54 Å². The summed E-state index contributed by atoms with van der Waals surface area (Å²) in [5, 5.41) is 0. The van der Waals surface area contributed by atoms with E-state index in [1.54, 1.807) is 24.5 Å². The third-order valence-corrected chi connectivity index (χ3v) is 3.86. The van der Waals surface area contributed by atoms with Gasteiger partial charge < -0.3 is 10.6 Å². The Morgan fingerprint density at radius 1 is 1.36 bits per heavy atom. The maximum absolute atomic E-state index is 12.7. The monoisotopic (exact) mass is 318 g/mol. The fourth-order valence-corrected chi connectivity index (χ4v) is 2.82. The van der Waals surface area contributed by atoms with Crippen molar-refractivity contribution in [2.75, 3.05) is 6.54 Å². The van der Waals surface area contributed by atoms with Gasteiger partial charge in [0.2, 0.25) is 0 Å². The molecule has 3 heterocycles. The second kappa shape index (κ2) is 7.33. The standard InChI is InChI=1S/C16H18N4O.ClH/c17-10-14-9-12(5-7-19-14)16(21)20-8-2-4-15(20)13-3-1-6-18-11-13;/h1,3,5-7,9,11,15H,2,4,8,10,17H2;1H. The highest BCUT2D eigenvalue weighted by atomic mass is 35.5. The number of carbonyl (C=O) groups excluding carboxylic acids is 1. The van der Waals surface area contributed by atoms with Crippen molar-refractivity contribution >= 4 is 18.3 Å². The average Bonchev–Trinajstić information content (AvgIpc) is 3.04. The van der Waals surface area contributed by atoms with E-state index >= 15 is 0 Å². The molecule has 22 heavy (non-hydrogen) atoms. The van der Waals surface area contributed by atoms with Gasteiger partial charge in [-0.3, -0.25) is 14.8 Å². The Hall–Kier alpha value is -1.98. The highest BCUT2D eigenvalue weighted by Crippen LogP contribution is 2.32. The van der Waals surface area contributed by atoms with Gasteiger partial charge in [-0.15, -0.1) is 12.4 Å². The summed E-state index contributed by atoms with van der Waals surface area (Å²) in [6, 6.07) is 7.58. The van der Waals surface area contributed by atoms with Crippen LogP contribution in [0.4, 0.5) is 0 Å². The summed E-state index contributed by atoms with van der Waals surface area (Å²) in [5.74, 6) is 0.0402. The fourth-order valence-electron chi connectivity index (χ4n) is 2.82. The lowest BCUT2D eigenvalue weighted by atomic mass is 10.1. The van der Waals surface area contributed by atoms with Crippen LogP contribution < -0.4 is 5.73 Å². The highest BCUT2D eigenvalue weighted by molar-refractivity contribution is 5.94. The van der Waals surface area contributed by atoms with E-state index in [4.69, 9.17) is 5.73 Å². The molecule has 1 fully saturated rings. The first-order valence-corrected chi connectivity index (χ1v) is 7.15. The second-order valence-electron chi connectivity index (χ2n) is 5.18. The average molecular weight is 319 g/mol. The largest absolute Gasteiger partial charge is 0.332 e. The molecule has 2 N–H and O–H groups in total. The van der Waals surface area contributed by atoms with Gasteiger partial charge in [-0.1, -0.05) is 6.07 Å². The van der Waals surface area contributed by atoms with E-state index in [1.165, 1.54) is 0 Å². The fraction of sp³-hybridized carbons (Fsp3) is 0.312. The van der Waals surface area contributed by atoms with Gasteiger partial charge >= 0.3 is 0 Å². The molecule has 6 heteroatoms. The summed E-state index contributed by atoms with van der Waals surface area (Å²) < 4.78 is 0. The van der Waals surface area contributed by atoms with Crippen LogP contribution in [0.3, 0.4) is 0 Å². The summed E-state index contributed by atoms with van der Waals surface area (Å²) in [7, 11) is 0. The Morgan fingerprint density at radius 3 is 2.95 bits per heavy atom. The third-order valence-electron chi connectivity index (χ3n) is 3.86. The van der Waals surface area contributed by atoms with Gasteiger partial charge in [-0.2, -0.15) is 0 Å². The lowest BCUT2D eigenvalue weighted by molar-refractivity contribution is 0.0735. The molecule has 2 aromatic heterocycles. The molecular weight excluding hydrogens is 300 g/mol.